The van der Waals surface area contributed by atoms with Gasteiger partial charge in [0.15, 0.2) is 0 Å². The van der Waals surface area contributed by atoms with E-state index in [2.05, 4.69) is 25.4 Å². The van der Waals surface area contributed by atoms with E-state index in [0.717, 1.165) is 43.7 Å². The zero-order valence-corrected chi connectivity index (χ0v) is 17.8. The number of carbonyl (C=O) groups excluding carboxylic acids is 2. The van der Waals surface area contributed by atoms with Crippen LogP contribution in [0.15, 0.2) is 30.2 Å². The number of nitrogens with zero attached hydrogens (tertiary/aromatic N) is 7. The van der Waals surface area contributed by atoms with Crippen molar-refractivity contribution in [1.29, 1.82) is 0 Å². The molecule has 2 aromatic rings. The SMILES string of the molecule is Cc1nc(C(O)CN2CCC3(CC2)CCN(C2=CC(=O)OC2)C3=O)ccc1-n1cnnn1. The van der Waals surface area contributed by atoms with Gasteiger partial charge in [0, 0.05) is 19.2 Å². The van der Waals surface area contributed by atoms with Gasteiger partial charge in [-0.1, -0.05) is 0 Å². The predicted octanol–water partition coefficient (Wildman–Crippen LogP) is 0.154. The molecular weight excluding hydrogens is 414 g/mol. The molecule has 1 unspecified atom stereocenters. The van der Waals surface area contributed by atoms with E-state index in [-0.39, 0.29) is 23.9 Å². The van der Waals surface area contributed by atoms with E-state index in [1.54, 1.807) is 11.0 Å². The van der Waals surface area contributed by atoms with Gasteiger partial charge >= 0.3 is 5.97 Å². The first-order valence-electron chi connectivity index (χ1n) is 10.8. The minimum absolute atomic E-state index is 0.0951. The summed E-state index contributed by atoms with van der Waals surface area (Å²) in [6.07, 6.45) is 4.45. The summed E-state index contributed by atoms with van der Waals surface area (Å²) in [6, 6.07) is 3.64. The molecule has 2 aromatic heterocycles. The Balaban J connectivity index is 1.19. The number of piperidine rings is 1. The van der Waals surface area contributed by atoms with Crippen molar-refractivity contribution in [2.24, 2.45) is 5.41 Å². The molecule has 168 valence electrons. The topological polar surface area (TPSA) is 127 Å². The van der Waals surface area contributed by atoms with Crippen molar-refractivity contribution in [3.05, 3.63) is 41.6 Å². The van der Waals surface area contributed by atoms with Crippen molar-refractivity contribution in [3.8, 4) is 5.69 Å². The van der Waals surface area contributed by atoms with Gasteiger partial charge in [0.25, 0.3) is 0 Å². The number of rotatable bonds is 5. The number of aliphatic hydroxyl groups is 1. The molecule has 32 heavy (non-hydrogen) atoms. The lowest BCUT2D eigenvalue weighted by atomic mass is 9.77. The highest BCUT2D eigenvalue weighted by atomic mass is 16.5. The largest absolute Gasteiger partial charge is 0.456 e. The van der Waals surface area contributed by atoms with Gasteiger partial charge in [0.2, 0.25) is 5.91 Å². The number of aromatic nitrogens is 5. The molecule has 3 aliphatic heterocycles. The fourth-order valence-corrected chi connectivity index (χ4v) is 4.85. The summed E-state index contributed by atoms with van der Waals surface area (Å²) >= 11 is 0. The monoisotopic (exact) mass is 439 g/mol. The lowest BCUT2D eigenvalue weighted by Crippen LogP contribution is -2.45. The maximum absolute atomic E-state index is 13.1. The first-order chi connectivity index (χ1) is 15.4. The fourth-order valence-electron chi connectivity index (χ4n) is 4.85. The second kappa shape index (κ2) is 8.06. The van der Waals surface area contributed by atoms with Crippen LogP contribution in [-0.2, 0) is 14.3 Å². The maximum Gasteiger partial charge on any atom is 0.333 e. The number of esters is 1. The van der Waals surface area contributed by atoms with Gasteiger partial charge < -0.3 is 19.6 Å². The van der Waals surface area contributed by atoms with Crippen molar-refractivity contribution in [1.82, 2.24) is 35.0 Å². The van der Waals surface area contributed by atoms with Crippen LogP contribution in [0.4, 0.5) is 0 Å². The fraction of sp³-hybridized carbons (Fsp3) is 0.524. The molecule has 11 heteroatoms. The first-order valence-corrected chi connectivity index (χ1v) is 10.8. The molecule has 3 aliphatic rings. The van der Waals surface area contributed by atoms with E-state index in [1.807, 2.05) is 13.0 Å². The zero-order valence-electron chi connectivity index (χ0n) is 17.8. The highest BCUT2D eigenvalue weighted by Crippen LogP contribution is 2.43. The number of hydrogen-bond acceptors (Lipinski definition) is 9. The number of β-amino-alcohol motifs (C(OH)–C–C–N with tert-alkyl or cyclic N) is 1. The third-order valence-electron chi connectivity index (χ3n) is 6.77. The third kappa shape index (κ3) is 3.67. The molecule has 1 amide bonds. The van der Waals surface area contributed by atoms with Crippen LogP contribution in [-0.4, -0.2) is 84.8 Å². The number of carbonyl (C=O) groups is 2. The molecule has 1 atom stereocenters. The molecule has 0 aromatic carbocycles. The van der Waals surface area contributed by atoms with Gasteiger partial charge in [-0.3, -0.25) is 9.78 Å². The second-order valence-electron chi connectivity index (χ2n) is 8.64. The highest BCUT2D eigenvalue weighted by molar-refractivity contribution is 5.90. The number of ether oxygens (including phenoxy) is 1. The number of amides is 1. The summed E-state index contributed by atoms with van der Waals surface area (Å²) < 4.78 is 6.50. The summed E-state index contributed by atoms with van der Waals surface area (Å²) in [5.41, 5.74) is 2.38. The lowest BCUT2D eigenvalue weighted by molar-refractivity contribution is -0.138. The van der Waals surface area contributed by atoms with Crippen molar-refractivity contribution in [3.63, 3.8) is 0 Å². The van der Waals surface area contributed by atoms with Crippen molar-refractivity contribution in [2.45, 2.75) is 32.3 Å². The Hall–Kier alpha value is -3.18. The minimum atomic E-state index is -0.728. The lowest BCUT2D eigenvalue weighted by Gasteiger charge is -2.38. The van der Waals surface area contributed by atoms with Crippen LogP contribution in [0.25, 0.3) is 5.69 Å². The normalized spacial score (nSPS) is 21.8. The molecule has 5 heterocycles. The van der Waals surface area contributed by atoms with Crippen LogP contribution < -0.4 is 0 Å². The quantitative estimate of drug-likeness (QED) is 0.648. The van der Waals surface area contributed by atoms with E-state index in [4.69, 9.17) is 4.74 Å². The van der Waals surface area contributed by atoms with Crippen molar-refractivity contribution in [2.75, 3.05) is 32.8 Å². The van der Waals surface area contributed by atoms with E-state index in [0.29, 0.717) is 24.5 Å². The Morgan fingerprint density at radius 1 is 1.19 bits per heavy atom. The average molecular weight is 439 g/mol. The summed E-state index contributed by atoms with van der Waals surface area (Å²) in [5, 5.41) is 21.9. The summed E-state index contributed by atoms with van der Waals surface area (Å²) in [5.74, 6) is -0.287. The molecule has 11 nitrogen and oxygen atoms in total. The Kier molecular flexibility index (Phi) is 5.22. The Bertz CT molecular complexity index is 1060. The van der Waals surface area contributed by atoms with E-state index in [9.17, 15) is 14.7 Å². The number of cyclic esters (lactones) is 1. The zero-order chi connectivity index (χ0) is 22.3. The Morgan fingerprint density at radius 3 is 2.62 bits per heavy atom. The number of pyridine rings is 1. The van der Waals surface area contributed by atoms with Gasteiger partial charge in [-0.15, -0.1) is 5.10 Å². The number of likely N-dealkylation sites (tertiary alicyclic amines) is 2. The van der Waals surface area contributed by atoms with Crippen molar-refractivity contribution >= 4 is 11.9 Å². The first kappa shape index (κ1) is 20.7. The van der Waals surface area contributed by atoms with E-state index >= 15 is 0 Å². The average Bonchev–Trinajstić information content (AvgIpc) is 3.52. The van der Waals surface area contributed by atoms with Crippen LogP contribution in [0.1, 0.15) is 36.8 Å². The number of tetrazole rings is 1. The molecule has 0 aliphatic carbocycles. The van der Waals surface area contributed by atoms with Gasteiger partial charge in [-0.2, -0.15) is 4.68 Å². The number of hydrogen-bond donors (Lipinski definition) is 1. The smallest absolute Gasteiger partial charge is 0.333 e. The summed E-state index contributed by atoms with van der Waals surface area (Å²) in [4.78, 5) is 32.9. The molecule has 2 saturated heterocycles. The number of aliphatic hydroxyl groups excluding tert-OH is 1. The molecule has 0 bridgehead atoms. The summed E-state index contributed by atoms with van der Waals surface area (Å²) in [7, 11) is 0. The molecule has 5 rings (SSSR count). The van der Waals surface area contributed by atoms with Gasteiger partial charge in [0.05, 0.1) is 28.2 Å². The number of aryl methyl sites for hydroxylation is 1. The van der Waals surface area contributed by atoms with Gasteiger partial charge in [0.1, 0.15) is 19.0 Å². The van der Waals surface area contributed by atoms with Crippen LogP contribution in [0.5, 0.6) is 0 Å². The molecule has 2 fully saturated rings. The van der Waals surface area contributed by atoms with Crippen LogP contribution in [0.2, 0.25) is 0 Å². The highest BCUT2D eigenvalue weighted by Gasteiger charge is 2.49. The van der Waals surface area contributed by atoms with Crippen LogP contribution in [0, 0.1) is 12.3 Å². The van der Waals surface area contributed by atoms with Gasteiger partial charge in [-0.05, 0) is 61.8 Å². The standard InChI is InChI=1S/C21H25N7O4/c1-14-17(28-13-22-24-25-28)3-2-16(23-14)18(29)11-26-7-4-21(5-8-26)6-9-27(20(21)31)15-10-19(30)32-12-15/h2-3,10,13,18,29H,4-9,11-12H2,1H3. The van der Waals surface area contributed by atoms with Gasteiger partial charge in [-0.25, -0.2) is 4.79 Å². The van der Waals surface area contributed by atoms with E-state index < -0.39 is 6.10 Å². The van der Waals surface area contributed by atoms with Crippen molar-refractivity contribution < 1.29 is 19.4 Å². The molecule has 1 spiro atoms. The summed E-state index contributed by atoms with van der Waals surface area (Å²) in [6.45, 7) is 4.57. The van der Waals surface area contributed by atoms with Crippen LogP contribution in [0.3, 0.4) is 0 Å². The molecule has 0 radical (unpaired) electrons. The van der Waals surface area contributed by atoms with Crippen LogP contribution >= 0.6 is 0 Å². The molecule has 1 N–H and O–H groups in total. The van der Waals surface area contributed by atoms with E-state index in [1.165, 1.54) is 17.1 Å². The Labute approximate surface area is 184 Å². The minimum Gasteiger partial charge on any atom is -0.456 e. The third-order valence-corrected chi connectivity index (χ3v) is 6.77. The predicted molar refractivity (Wildman–Crippen MR) is 110 cm³/mol. The Morgan fingerprint density at radius 2 is 1.97 bits per heavy atom. The maximum atomic E-state index is 13.1. The molecule has 0 saturated carbocycles. The second-order valence-corrected chi connectivity index (χ2v) is 8.64. The molecular formula is C21H25N7O4.